The summed E-state index contributed by atoms with van der Waals surface area (Å²) in [6, 6.07) is 11.4. The van der Waals surface area contributed by atoms with Gasteiger partial charge in [0.05, 0.1) is 0 Å². The molecule has 2 nitrogen and oxygen atoms in total. The number of alkyl halides is 2. The van der Waals surface area contributed by atoms with E-state index in [9.17, 15) is 13.6 Å². The third kappa shape index (κ3) is 3.28. The molecule has 0 fully saturated rings. The molecule has 0 aromatic heterocycles. The minimum absolute atomic E-state index is 0.202. The summed E-state index contributed by atoms with van der Waals surface area (Å²) >= 11 is 5.81. The Morgan fingerprint density at radius 3 is 1.95 bits per heavy atom. The van der Waals surface area contributed by atoms with Crippen molar-refractivity contribution < 1.29 is 13.6 Å². The van der Waals surface area contributed by atoms with Gasteiger partial charge in [0.2, 0.25) is 0 Å². The number of carbonyl (C=O) groups is 1. The molecule has 21 heavy (non-hydrogen) atoms. The zero-order valence-electron chi connectivity index (χ0n) is 11.3. The first kappa shape index (κ1) is 15.6. The molecule has 0 spiro atoms. The number of hydrogen-bond acceptors (Lipinski definition) is 2. The zero-order chi connectivity index (χ0) is 15.5. The number of likely N-dealkylation sites (N-methyl/N-ethyl adjacent to an activating group) is 1. The summed E-state index contributed by atoms with van der Waals surface area (Å²) in [6.07, 6.45) is 0.215. The van der Waals surface area contributed by atoms with E-state index >= 15 is 0 Å². The molecule has 0 radical (unpaired) electrons. The lowest BCUT2D eigenvalue weighted by molar-refractivity contribution is -0.120. The lowest BCUT2D eigenvalue weighted by Crippen LogP contribution is -2.42. The number of hydrogen-bond donors (Lipinski definition) is 1. The van der Waals surface area contributed by atoms with Crippen molar-refractivity contribution in [2.45, 2.75) is 12.0 Å². The third-order valence-corrected chi connectivity index (χ3v) is 3.54. The lowest BCUT2D eigenvalue weighted by Gasteiger charge is -2.22. The maximum Gasteiger partial charge on any atom is 0.294 e. The number of rotatable bonds is 5. The second kappa shape index (κ2) is 6.33. The van der Waals surface area contributed by atoms with Gasteiger partial charge in [-0.2, -0.15) is 8.78 Å². The third-order valence-electron chi connectivity index (χ3n) is 3.29. The van der Waals surface area contributed by atoms with Crippen LogP contribution in [0.2, 0.25) is 5.02 Å². The smallest absolute Gasteiger partial charge is 0.294 e. The average Bonchev–Trinajstić information content (AvgIpc) is 2.49. The minimum Gasteiger partial charge on any atom is -0.305 e. The van der Waals surface area contributed by atoms with Crippen molar-refractivity contribution in [2.24, 2.45) is 0 Å². The van der Waals surface area contributed by atoms with Gasteiger partial charge in [-0.15, -0.1) is 0 Å². The van der Waals surface area contributed by atoms with Crippen molar-refractivity contribution in [1.29, 1.82) is 0 Å². The van der Waals surface area contributed by atoms with E-state index in [1.807, 2.05) is 12.1 Å². The van der Waals surface area contributed by atoms with Gasteiger partial charge < -0.3 is 10.1 Å². The van der Waals surface area contributed by atoms with E-state index in [4.69, 9.17) is 11.6 Å². The highest BCUT2D eigenvalue weighted by atomic mass is 35.5. The van der Waals surface area contributed by atoms with Crippen molar-refractivity contribution in [3.8, 4) is 11.1 Å². The van der Waals surface area contributed by atoms with Crippen LogP contribution in [0.15, 0.2) is 48.5 Å². The first-order chi connectivity index (χ1) is 9.98. The highest BCUT2D eigenvalue weighted by molar-refractivity contribution is 6.30. The van der Waals surface area contributed by atoms with E-state index in [2.05, 4.69) is 5.32 Å². The van der Waals surface area contributed by atoms with Crippen molar-refractivity contribution in [3.05, 3.63) is 59.1 Å². The van der Waals surface area contributed by atoms with E-state index in [-0.39, 0.29) is 11.8 Å². The summed E-state index contributed by atoms with van der Waals surface area (Å²) in [5.74, 6) is -3.25. The van der Waals surface area contributed by atoms with Gasteiger partial charge >= 0.3 is 0 Å². The number of carbonyl (C=O) groups excluding carboxylic acids is 1. The maximum absolute atomic E-state index is 14.1. The molecule has 0 aliphatic heterocycles. The van der Waals surface area contributed by atoms with E-state index in [1.165, 1.54) is 19.2 Å². The molecular weight excluding hydrogens is 296 g/mol. The Bertz CT molecular complexity index is 611. The van der Waals surface area contributed by atoms with Crippen molar-refractivity contribution in [1.82, 2.24) is 5.32 Å². The van der Waals surface area contributed by atoms with Crippen LogP contribution >= 0.6 is 11.6 Å². The molecule has 1 N–H and O–H groups in total. The van der Waals surface area contributed by atoms with E-state index in [0.717, 1.165) is 11.1 Å². The largest absolute Gasteiger partial charge is 0.305 e. The molecule has 0 saturated carbocycles. The average molecular weight is 310 g/mol. The van der Waals surface area contributed by atoms with Crippen LogP contribution < -0.4 is 5.32 Å². The Hall–Kier alpha value is -1.78. The first-order valence-electron chi connectivity index (χ1n) is 6.36. The molecule has 0 aliphatic rings. The van der Waals surface area contributed by atoms with Crippen LogP contribution in [0.1, 0.15) is 5.56 Å². The summed E-state index contributed by atoms with van der Waals surface area (Å²) in [4.78, 5) is 10.7. The van der Waals surface area contributed by atoms with Crippen LogP contribution in [0.25, 0.3) is 11.1 Å². The second-order valence-corrected chi connectivity index (χ2v) is 5.05. The normalized spacial score (nSPS) is 13.0. The molecule has 1 unspecified atom stereocenters. The van der Waals surface area contributed by atoms with Gasteiger partial charge in [-0.3, -0.25) is 0 Å². The molecule has 0 amide bonds. The molecule has 110 valence electrons. The fraction of sp³-hybridized carbons (Fsp3) is 0.188. The highest BCUT2D eigenvalue weighted by Crippen LogP contribution is 2.32. The van der Waals surface area contributed by atoms with Crippen LogP contribution in [-0.2, 0) is 10.7 Å². The molecular formula is C16H14ClF2NO. The predicted octanol–water partition coefficient (Wildman–Crippen LogP) is 3.89. The molecule has 2 aromatic rings. The van der Waals surface area contributed by atoms with Gasteiger partial charge in [0, 0.05) is 10.6 Å². The Balaban J connectivity index is 2.30. The molecule has 2 aromatic carbocycles. The standard InChI is InChI=1S/C16H14ClF2NO/c1-20-15(10-21)16(18,19)13-6-2-11(3-7-13)12-4-8-14(17)9-5-12/h2-10,15,20H,1H3. The van der Waals surface area contributed by atoms with Gasteiger partial charge in [0.25, 0.3) is 5.92 Å². The summed E-state index contributed by atoms with van der Waals surface area (Å²) in [6.45, 7) is 0. The summed E-state index contributed by atoms with van der Waals surface area (Å²) in [5, 5.41) is 2.93. The van der Waals surface area contributed by atoms with E-state index < -0.39 is 12.0 Å². The highest BCUT2D eigenvalue weighted by Gasteiger charge is 2.40. The lowest BCUT2D eigenvalue weighted by atomic mass is 9.98. The van der Waals surface area contributed by atoms with Gasteiger partial charge in [0.15, 0.2) is 0 Å². The van der Waals surface area contributed by atoms with Gasteiger partial charge in [0.1, 0.15) is 12.3 Å². The summed E-state index contributed by atoms with van der Waals surface area (Å²) < 4.78 is 28.2. The molecule has 0 heterocycles. The molecule has 0 aliphatic carbocycles. The SMILES string of the molecule is CNC(C=O)C(F)(F)c1ccc(-c2ccc(Cl)cc2)cc1. The van der Waals surface area contributed by atoms with Crippen LogP contribution in [0.5, 0.6) is 0 Å². The van der Waals surface area contributed by atoms with E-state index in [1.54, 1.807) is 24.3 Å². The molecule has 0 saturated heterocycles. The van der Waals surface area contributed by atoms with Gasteiger partial charge in [-0.05, 0) is 30.3 Å². The summed E-state index contributed by atoms with van der Waals surface area (Å²) in [5.41, 5.74) is 1.49. The Morgan fingerprint density at radius 2 is 1.52 bits per heavy atom. The second-order valence-electron chi connectivity index (χ2n) is 4.61. The van der Waals surface area contributed by atoms with Crippen LogP contribution in [0, 0.1) is 0 Å². The number of benzene rings is 2. The van der Waals surface area contributed by atoms with E-state index in [0.29, 0.717) is 5.02 Å². The Kier molecular flexibility index (Phi) is 4.70. The van der Waals surface area contributed by atoms with Crippen molar-refractivity contribution in [2.75, 3.05) is 7.05 Å². The Morgan fingerprint density at radius 1 is 1.05 bits per heavy atom. The zero-order valence-corrected chi connectivity index (χ0v) is 12.1. The number of nitrogens with one attached hydrogen (secondary N) is 1. The van der Waals surface area contributed by atoms with Gasteiger partial charge in [-0.25, -0.2) is 0 Å². The van der Waals surface area contributed by atoms with Crippen LogP contribution in [0.3, 0.4) is 0 Å². The topological polar surface area (TPSA) is 29.1 Å². The first-order valence-corrected chi connectivity index (χ1v) is 6.73. The molecule has 0 bridgehead atoms. The monoisotopic (exact) mass is 309 g/mol. The van der Waals surface area contributed by atoms with Crippen molar-refractivity contribution >= 4 is 17.9 Å². The minimum atomic E-state index is -3.25. The number of halogens is 3. The fourth-order valence-electron chi connectivity index (χ4n) is 2.04. The van der Waals surface area contributed by atoms with Gasteiger partial charge in [-0.1, -0.05) is 48.0 Å². The number of aldehydes is 1. The quantitative estimate of drug-likeness (QED) is 0.849. The summed E-state index contributed by atoms with van der Waals surface area (Å²) in [7, 11) is 1.33. The predicted molar refractivity (Wildman–Crippen MR) is 79.7 cm³/mol. The fourth-order valence-corrected chi connectivity index (χ4v) is 2.17. The van der Waals surface area contributed by atoms with Crippen molar-refractivity contribution in [3.63, 3.8) is 0 Å². The van der Waals surface area contributed by atoms with Crippen LogP contribution in [-0.4, -0.2) is 19.4 Å². The van der Waals surface area contributed by atoms with Crippen LogP contribution in [0.4, 0.5) is 8.78 Å². The molecule has 5 heteroatoms. The Labute approximate surface area is 126 Å². The maximum atomic E-state index is 14.1. The molecule has 1 atom stereocenters. The molecule has 2 rings (SSSR count).